The van der Waals surface area contributed by atoms with E-state index in [2.05, 4.69) is 6.92 Å². The van der Waals surface area contributed by atoms with E-state index in [1.54, 1.807) is 0 Å². The molecule has 1 heteroatoms. The predicted octanol–water partition coefficient (Wildman–Crippen LogP) is 5.05. The number of methoxy groups -OCH3 is 1. The third-order valence-electron chi connectivity index (χ3n) is 5.63. The van der Waals surface area contributed by atoms with E-state index in [0.717, 1.165) is 30.3 Å². The highest BCUT2D eigenvalue weighted by Crippen LogP contribution is 2.42. The second kappa shape index (κ2) is 7.53. The Hall–Kier alpha value is -0.0400. The monoisotopic (exact) mass is 252 g/mol. The molecule has 0 saturated heterocycles. The van der Waals surface area contributed by atoms with Gasteiger partial charge in [-0.1, -0.05) is 45.4 Å². The maximum Gasteiger partial charge on any atom is 0.0490 e. The first-order valence-corrected chi connectivity index (χ1v) is 8.34. The average Bonchev–Trinajstić information content (AvgIpc) is 2.43. The zero-order valence-electron chi connectivity index (χ0n) is 12.5. The molecule has 2 aliphatic carbocycles. The van der Waals surface area contributed by atoms with Crippen molar-refractivity contribution in [1.29, 1.82) is 0 Å². The van der Waals surface area contributed by atoms with Gasteiger partial charge in [0.1, 0.15) is 0 Å². The SMILES string of the molecule is CCC(C1CCCCC1)C1CCC(COC)CC1. The molecule has 1 atom stereocenters. The summed E-state index contributed by atoms with van der Waals surface area (Å²) in [6.07, 6.45) is 14.8. The standard InChI is InChI=1S/C17H32O/c1-3-17(15-7-5-4-6-8-15)16-11-9-14(10-12-16)13-18-2/h14-17H,3-13H2,1-2H3. The minimum Gasteiger partial charge on any atom is -0.384 e. The molecule has 0 aromatic rings. The van der Waals surface area contributed by atoms with Crippen molar-refractivity contribution in [2.45, 2.75) is 71.1 Å². The Morgan fingerprint density at radius 1 is 0.889 bits per heavy atom. The van der Waals surface area contributed by atoms with E-state index in [9.17, 15) is 0 Å². The fourth-order valence-corrected chi connectivity index (χ4v) is 4.63. The van der Waals surface area contributed by atoms with Crippen LogP contribution in [0.2, 0.25) is 0 Å². The fourth-order valence-electron chi connectivity index (χ4n) is 4.63. The lowest BCUT2D eigenvalue weighted by Crippen LogP contribution is -2.29. The van der Waals surface area contributed by atoms with Gasteiger partial charge in [0.25, 0.3) is 0 Å². The summed E-state index contributed by atoms with van der Waals surface area (Å²) in [4.78, 5) is 0. The average molecular weight is 252 g/mol. The first-order chi connectivity index (χ1) is 8.85. The lowest BCUT2D eigenvalue weighted by molar-refractivity contribution is 0.0834. The third kappa shape index (κ3) is 3.73. The molecular weight excluding hydrogens is 220 g/mol. The van der Waals surface area contributed by atoms with Gasteiger partial charge < -0.3 is 4.74 Å². The van der Waals surface area contributed by atoms with Crippen LogP contribution in [0.4, 0.5) is 0 Å². The molecule has 0 bridgehead atoms. The summed E-state index contributed by atoms with van der Waals surface area (Å²) in [7, 11) is 1.85. The largest absolute Gasteiger partial charge is 0.384 e. The topological polar surface area (TPSA) is 9.23 Å². The molecule has 2 aliphatic rings. The first kappa shape index (κ1) is 14.4. The highest BCUT2D eigenvalue weighted by Gasteiger charge is 2.32. The van der Waals surface area contributed by atoms with Crippen LogP contribution in [-0.2, 0) is 4.74 Å². The number of rotatable bonds is 5. The molecule has 0 aromatic heterocycles. The highest BCUT2D eigenvalue weighted by molar-refractivity contribution is 4.82. The van der Waals surface area contributed by atoms with Crippen LogP contribution in [0.15, 0.2) is 0 Å². The minimum absolute atomic E-state index is 0.857. The Balaban J connectivity index is 1.81. The van der Waals surface area contributed by atoms with Gasteiger partial charge in [0, 0.05) is 13.7 Å². The molecule has 0 aliphatic heterocycles. The molecule has 0 radical (unpaired) electrons. The van der Waals surface area contributed by atoms with Crippen LogP contribution in [0.1, 0.15) is 71.1 Å². The zero-order chi connectivity index (χ0) is 12.8. The summed E-state index contributed by atoms with van der Waals surface area (Å²) in [5.41, 5.74) is 0. The van der Waals surface area contributed by atoms with E-state index < -0.39 is 0 Å². The molecule has 0 heterocycles. The van der Waals surface area contributed by atoms with Crippen LogP contribution < -0.4 is 0 Å². The summed E-state index contributed by atoms with van der Waals surface area (Å²) < 4.78 is 5.32. The van der Waals surface area contributed by atoms with E-state index >= 15 is 0 Å². The van der Waals surface area contributed by atoms with Gasteiger partial charge in [0.05, 0.1) is 0 Å². The van der Waals surface area contributed by atoms with E-state index in [1.807, 2.05) is 7.11 Å². The van der Waals surface area contributed by atoms with Gasteiger partial charge in [-0.3, -0.25) is 0 Å². The Labute approximate surface area is 114 Å². The Morgan fingerprint density at radius 3 is 2.06 bits per heavy atom. The maximum absolute atomic E-state index is 5.32. The van der Waals surface area contributed by atoms with Crippen LogP contribution in [0, 0.1) is 23.7 Å². The molecule has 2 fully saturated rings. The van der Waals surface area contributed by atoms with E-state index in [-0.39, 0.29) is 0 Å². The fraction of sp³-hybridized carbons (Fsp3) is 1.00. The van der Waals surface area contributed by atoms with Gasteiger partial charge in [-0.05, 0) is 49.4 Å². The third-order valence-corrected chi connectivity index (χ3v) is 5.63. The van der Waals surface area contributed by atoms with Gasteiger partial charge in [-0.25, -0.2) is 0 Å². The molecule has 1 nitrogen and oxygen atoms in total. The van der Waals surface area contributed by atoms with Crippen molar-refractivity contribution in [3.8, 4) is 0 Å². The summed E-state index contributed by atoms with van der Waals surface area (Å²) in [6, 6.07) is 0. The normalized spacial score (nSPS) is 32.3. The quantitative estimate of drug-likeness (QED) is 0.665. The minimum atomic E-state index is 0.857. The van der Waals surface area contributed by atoms with Crippen molar-refractivity contribution in [3.05, 3.63) is 0 Å². The van der Waals surface area contributed by atoms with Crippen LogP contribution >= 0.6 is 0 Å². The number of hydrogen-bond acceptors (Lipinski definition) is 1. The zero-order valence-corrected chi connectivity index (χ0v) is 12.5. The molecule has 1 unspecified atom stereocenters. The smallest absolute Gasteiger partial charge is 0.0490 e. The maximum atomic E-state index is 5.32. The van der Waals surface area contributed by atoms with Crippen LogP contribution in [-0.4, -0.2) is 13.7 Å². The Bertz CT molecular complexity index is 212. The van der Waals surface area contributed by atoms with E-state index in [1.165, 1.54) is 64.2 Å². The predicted molar refractivity (Wildman–Crippen MR) is 77.7 cm³/mol. The lowest BCUT2D eigenvalue weighted by atomic mass is 9.67. The molecule has 2 saturated carbocycles. The molecule has 106 valence electrons. The van der Waals surface area contributed by atoms with Gasteiger partial charge in [-0.15, -0.1) is 0 Å². The van der Waals surface area contributed by atoms with Gasteiger partial charge in [-0.2, -0.15) is 0 Å². The second-order valence-corrected chi connectivity index (χ2v) is 6.71. The van der Waals surface area contributed by atoms with E-state index in [0.29, 0.717) is 0 Å². The molecule has 18 heavy (non-hydrogen) atoms. The molecule has 0 N–H and O–H groups in total. The molecule has 0 spiro atoms. The van der Waals surface area contributed by atoms with Crippen molar-refractivity contribution in [3.63, 3.8) is 0 Å². The van der Waals surface area contributed by atoms with Gasteiger partial charge >= 0.3 is 0 Å². The molecule has 2 rings (SSSR count). The summed E-state index contributed by atoms with van der Waals surface area (Å²) in [5.74, 6) is 3.99. The Kier molecular flexibility index (Phi) is 6.01. The number of ether oxygens (including phenoxy) is 1. The Morgan fingerprint density at radius 2 is 1.50 bits per heavy atom. The van der Waals surface area contributed by atoms with Crippen molar-refractivity contribution in [1.82, 2.24) is 0 Å². The number of hydrogen-bond donors (Lipinski definition) is 0. The first-order valence-electron chi connectivity index (χ1n) is 8.34. The van der Waals surface area contributed by atoms with Crippen molar-refractivity contribution in [2.75, 3.05) is 13.7 Å². The van der Waals surface area contributed by atoms with E-state index in [4.69, 9.17) is 4.74 Å². The summed E-state index contributed by atoms with van der Waals surface area (Å²) in [6.45, 7) is 3.42. The van der Waals surface area contributed by atoms with Gasteiger partial charge in [0.15, 0.2) is 0 Å². The van der Waals surface area contributed by atoms with Crippen molar-refractivity contribution >= 4 is 0 Å². The molecule has 0 aromatic carbocycles. The molecular formula is C17H32O. The molecule has 0 amide bonds. The summed E-state index contributed by atoms with van der Waals surface area (Å²) >= 11 is 0. The van der Waals surface area contributed by atoms with Crippen molar-refractivity contribution in [2.24, 2.45) is 23.7 Å². The summed E-state index contributed by atoms with van der Waals surface area (Å²) in [5, 5.41) is 0. The van der Waals surface area contributed by atoms with Crippen LogP contribution in [0.3, 0.4) is 0 Å². The lowest BCUT2D eigenvalue weighted by Gasteiger charge is -2.39. The second-order valence-electron chi connectivity index (χ2n) is 6.71. The van der Waals surface area contributed by atoms with Crippen LogP contribution in [0.25, 0.3) is 0 Å². The van der Waals surface area contributed by atoms with Gasteiger partial charge in [0.2, 0.25) is 0 Å². The van der Waals surface area contributed by atoms with Crippen molar-refractivity contribution < 1.29 is 4.74 Å². The van der Waals surface area contributed by atoms with Crippen LogP contribution in [0.5, 0.6) is 0 Å². The highest BCUT2D eigenvalue weighted by atomic mass is 16.5.